The summed E-state index contributed by atoms with van der Waals surface area (Å²) in [7, 11) is 0. The van der Waals surface area contributed by atoms with E-state index in [4.69, 9.17) is 4.74 Å². The predicted octanol–water partition coefficient (Wildman–Crippen LogP) is 9.69. The van der Waals surface area contributed by atoms with Crippen LogP contribution < -0.4 is 10.6 Å². The average Bonchev–Trinajstić information content (AvgIpc) is 3.38. The third-order valence-electron chi connectivity index (χ3n) is 12.9. The van der Waals surface area contributed by atoms with Crippen LogP contribution in [-0.2, 0) is 14.3 Å². The van der Waals surface area contributed by atoms with Crippen LogP contribution in [0.2, 0.25) is 0 Å². The van der Waals surface area contributed by atoms with E-state index in [2.05, 4.69) is 119 Å². The van der Waals surface area contributed by atoms with Crippen LogP contribution in [0.25, 0.3) is 0 Å². The molecule has 0 spiro atoms. The lowest BCUT2D eigenvalue weighted by Gasteiger charge is -2.58. The van der Waals surface area contributed by atoms with Gasteiger partial charge in [-0.25, -0.2) is 4.79 Å². The van der Waals surface area contributed by atoms with Gasteiger partial charge in [-0.2, -0.15) is 0 Å². The fraction of sp³-hybridized carbons (Fsp3) is 0.718. The van der Waals surface area contributed by atoms with E-state index in [1.807, 2.05) is 6.07 Å². The van der Waals surface area contributed by atoms with Crippen molar-refractivity contribution in [3.63, 3.8) is 0 Å². The number of carbonyl (C=O) groups is 3. The lowest BCUT2D eigenvalue weighted by Crippen LogP contribution is -2.51. The Balaban J connectivity index is 1.12. The van der Waals surface area contributed by atoms with Gasteiger partial charge < -0.3 is 15.4 Å². The van der Waals surface area contributed by atoms with Crippen LogP contribution in [0.1, 0.15) is 123 Å². The molecule has 0 aromatic heterocycles. The topological polar surface area (TPSA) is 84.5 Å². The monoisotopic (exact) mass is 996 g/mol. The van der Waals surface area contributed by atoms with Gasteiger partial charge in [0.25, 0.3) is 5.91 Å². The molecule has 1 aromatic rings. The Morgan fingerprint density at radius 3 is 2.44 bits per heavy atom. The minimum atomic E-state index is -0.787. The van der Waals surface area contributed by atoms with Gasteiger partial charge in [-0.1, -0.05) is 65.5 Å². The Labute approximate surface area is 329 Å². The van der Waals surface area contributed by atoms with E-state index >= 15 is 0 Å². The second kappa shape index (κ2) is 16.1. The molecule has 2 N–H and O–H groups in total. The SMILES string of the molecule is CC(C)CCC[C@@H](C)[C@H]1CCC2C3CC=C4C[C@@H](OC(=O)[C@@H](C)NC(=O)CNC(=O)c5cc(I)cc(I)c5I)CC[C@]4(C)C3CC[C@@]21C. The van der Waals surface area contributed by atoms with Crippen molar-refractivity contribution < 1.29 is 19.1 Å². The van der Waals surface area contributed by atoms with Crippen LogP contribution in [0.15, 0.2) is 23.8 Å². The van der Waals surface area contributed by atoms with Crippen molar-refractivity contribution in [3.05, 3.63) is 40.1 Å². The Kier molecular flexibility index (Phi) is 13.0. The summed E-state index contributed by atoms with van der Waals surface area (Å²) in [5.74, 6) is 3.69. The summed E-state index contributed by atoms with van der Waals surface area (Å²) >= 11 is 6.53. The van der Waals surface area contributed by atoms with E-state index in [0.717, 1.165) is 65.5 Å². The molecule has 0 saturated heterocycles. The van der Waals surface area contributed by atoms with Gasteiger partial charge in [-0.05, 0) is 178 Å². The Morgan fingerprint density at radius 1 is 0.958 bits per heavy atom. The summed E-state index contributed by atoms with van der Waals surface area (Å²) in [6.07, 6.45) is 15.9. The van der Waals surface area contributed by atoms with Crippen LogP contribution in [0.4, 0.5) is 0 Å². The van der Waals surface area contributed by atoms with E-state index in [1.165, 1.54) is 56.9 Å². The van der Waals surface area contributed by atoms with Gasteiger partial charge in [0.2, 0.25) is 5.91 Å². The first-order valence-corrected chi connectivity index (χ1v) is 21.5. The van der Waals surface area contributed by atoms with E-state index in [-0.39, 0.29) is 24.0 Å². The molecule has 4 aliphatic carbocycles. The fourth-order valence-corrected chi connectivity index (χ4v) is 12.7. The second-order valence-electron chi connectivity index (χ2n) is 16.3. The second-order valence-corrected chi connectivity index (χ2v) is 19.8. The van der Waals surface area contributed by atoms with Gasteiger partial charge in [0, 0.05) is 17.1 Å². The lowest BCUT2D eigenvalue weighted by molar-refractivity contribution is -0.154. The first-order chi connectivity index (χ1) is 22.6. The third-order valence-corrected chi connectivity index (χ3v) is 16.6. The van der Waals surface area contributed by atoms with Crippen LogP contribution >= 0.6 is 67.8 Å². The molecule has 5 rings (SSSR count). The summed E-state index contributed by atoms with van der Waals surface area (Å²) in [4.78, 5) is 38.5. The van der Waals surface area contributed by atoms with Gasteiger partial charge in [-0.3, -0.25) is 9.59 Å². The number of allylic oxidation sites excluding steroid dienone is 1. The highest BCUT2D eigenvalue weighted by molar-refractivity contribution is 14.1. The first kappa shape index (κ1) is 38.8. The Bertz CT molecular complexity index is 1410. The number of ether oxygens (including phenoxy) is 1. The van der Waals surface area contributed by atoms with E-state index in [1.54, 1.807) is 13.0 Å². The number of amides is 2. The summed E-state index contributed by atoms with van der Waals surface area (Å²) in [6, 6.07) is 3.02. The molecule has 266 valence electrons. The number of carbonyl (C=O) groups excluding carboxylic acids is 3. The maximum atomic E-state index is 13.1. The summed E-state index contributed by atoms with van der Waals surface area (Å²) in [5.41, 5.74) is 2.70. The predicted molar refractivity (Wildman–Crippen MR) is 217 cm³/mol. The van der Waals surface area contributed by atoms with Crippen molar-refractivity contribution in [3.8, 4) is 0 Å². The van der Waals surface area contributed by atoms with Crippen molar-refractivity contribution in [1.82, 2.24) is 10.6 Å². The van der Waals surface area contributed by atoms with Gasteiger partial charge in [0.1, 0.15) is 12.1 Å². The van der Waals surface area contributed by atoms with Crippen molar-refractivity contribution in [2.75, 3.05) is 6.54 Å². The molecular weight excluding hydrogens is 941 g/mol. The maximum absolute atomic E-state index is 13.1. The Morgan fingerprint density at radius 2 is 1.71 bits per heavy atom. The zero-order valence-corrected chi connectivity index (χ0v) is 36.1. The zero-order valence-electron chi connectivity index (χ0n) is 29.6. The highest BCUT2D eigenvalue weighted by Crippen LogP contribution is 2.67. The van der Waals surface area contributed by atoms with E-state index < -0.39 is 17.9 Å². The molecule has 3 unspecified atom stereocenters. The number of rotatable bonds is 11. The number of hydrogen-bond donors (Lipinski definition) is 2. The molecule has 2 amide bonds. The molecule has 3 saturated carbocycles. The molecule has 0 radical (unpaired) electrons. The third kappa shape index (κ3) is 8.27. The summed E-state index contributed by atoms with van der Waals surface area (Å²) in [6.45, 7) is 13.9. The standard InChI is InChI=1S/C39H55I3N2O4/c1-22(2)8-7-9-23(3)30-12-13-31-28-11-10-25-18-27(14-16-38(25,5)32(28)15-17-39(30,31)6)48-37(47)24(4)44-34(45)21-43-36(46)29-19-26(40)20-33(41)35(29)42/h10,19-20,22-24,27-28,30-32H,7-9,11-18,21H2,1-6H3,(H,43,46)(H,44,45)/t23-,24-,27+,28?,30-,31?,32?,38+,39-/m1/s1. The number of benzene rings is 1. The van der Waals surface area contributed by atoms with Crippen LogP contribution in [-0.4, -0.2) is 36.5 Å². The van der Waals surface area contributed by atoms with Gasteiger partial charge in [0.15, 0.2) is 0 Å². The van der Waals surface area contributed by atoms with Crippen molar-refractivity contribution in [2.24, 2.45) is 46.3 Å². The minimum Gasteiger partial charge on any atom is -0.461 e. The van der Waals surface area contributed by atoms with Crippen LogP contribution in [0.5, 0.6) is 0 Å². The van der Waals surface area contributed by atoms with E-state index in [9.17, 15) is 14.4 Å². The highest BCUT2D eigenvalue weighted by Gasteiger charge is 2.59. The maximum Gasteiger partial charge on any atom is 0.328 e. The minimum absolute atomic E-state index is 0.158. The number of fused-ring (bicyclic) bond motifs is 5. The van der Waals surface area contributed by atoms with Gasteiger partial charge in [-0.15, -0.1) is 0 Å². The molecule has 4 aliphatic rings. The number of esters is 1. The fourth-order valence-electron chi connectivity index (χ4n) is 10.3. The number of halogens is 3. The average molecular weight is 997 g/mol. The molecule has 3 fully saturated rings. The molecule has 9 atom stereocenters. The normalized spacial score (nSPS) is 32.3. The molecule has 0 bridgehead atoms. The quantitative estimate of drug-likeness (QED) is 0.100. The molecule has 6 nitrogen and oxygen atoms in total. The summed E-state index contributed by atoms with van der Waals surface area (Å²) < 4.78 is 8.80. The summed E-state index contributed by atoms with van der Waals surface area (Å²) in [5, 5.41) is 5.41. The zero-order chi connectivity index (χ0) is 35.0. The number of nitrogens with one attached hydrogen (secondary N) is 2. The Hall–Kier alpha value is -0.440. The highest BCUT2D eigenvalue weighted by atomic mass is 127. The largest absolute Gasteiger partial charge is 0.461 e. The first-order valence-electron chi connectivity index (χ1n) is 18.3. The van der Waals surface area contributed by atoms with Crippen molar-refractivity contribution in [1.29, 1.82) is 0 Å². The smallest absolute Gasteiger partial charge is 0.328 e. The molecule has 0 heterocycles. The molecular formula is C39H55I3N2O4. The van der Waals surface area contributed by atoms with Gasteiger partial charge >= 0.3 is 5.97 Å². The van der Waals surface area contributed by atoms with Crippen LogP contribution in [0, 0.1) is 57.0 Å². The molecule has 48 heavy (non-hydrogen) atoms. The van der Waals surface area contributed by atoms with E-state index in [0.29, 0.717) is 11.0 Å². The molecule has 9 heteroatoms. The van der Waals surface area contributed by atoms with Crippen molar-refractivity contribution in [2.45, 2.75) is 124 Å². The van der Waals surface area contributed by atoms with Crippen molar-refractivity contribution >= 4 is 85.6 Å². The molecule has 1 aromatic carbocycles. The lowest BCUT2D eigenvalue weighted by atomic mass is 9.47. The van der Waals surface area contributed by atoms with Gasteiger partial charge in [0.05, 0.1) is 12.1 Å². The molecule has 0 aliphatic heterocycles. The van der Waals surface area contributed by atoms with Crippen LogP contribution in [0.3, 0.4) is 0 Å². The number of hydrogen-bond acceptors (Lipinski definition) is 4.